The van der Waals surface area contributed by atoms with Crippen molar-refractivity contribution in [1.82, 2.24) is 0 Å². The van der Waals surface area contributed by atoms with Crippen LogP contribution in [0.3, 0.4) is 0 Å². The van der Waals surface area contributed by atoms with Crippen molar-refractivity contribution in [3.8, 4) is 6.07 Å². The number of fused-ring (bicyclic) bond motifs is 1. The second-order valence-electron chi connectivity index (χ2n) is 3.21. The van der Waals surface area contributed by atoms with Gasteiger partial charge < -0.3 is 5.11 Å². The van der Waals surface area contributed by atoms with Gasteiger partial charge in [0.1, 0.15) is 0 Å². The van der Waals surface area contributed by atoms with E-state index in [-0.39, 0.29) is 0 Å². The average Bonchev–Trinajstić information content (AvgIpc) is 2.30. The standard InChI is InChI=1S/C11H10.C2HNO2/c1-9-5-4-7-10-6-2-3-8-11(9)10;3-1-2(4)5/h2-8H,1H3;(H,4,5). The molecule has 0 radical (unpaired) electrons. The summed E-state index contributed by atoms with van der Waals surface area (Å²) in [5, 5.41) is 17.3. The van der Waals surface area contributed by atoms with Gasteiger partial charge in [-0.05, 0) is 23.3 Å². The molecule has 0 aromatic heterocycles. The third-order valence-corrected chi connectivity index (χ3v) is 2.10. The summed E-state index contributed by atoms with van der Waals surface area (Å²) in [7, 11) is 0. The molecule has 0 atom stereocenters. The van der Waals surface area contributed by atoms with Crippen molar-refractivity contribution in [1.29, 1.82) is 5.26 Å². The smallest absolute Gasteiger partial charge is 0.408 e. The van der Waals surface area contributed by atoms with Gasteiger partial charge in [0.25, 0.3) is 0 Å². The number of aryl methyl sites for hydroxylation is 1. The Hall–Kier alpha value is -2.34. The molecule has 0 unspecified atom stereocenters. The van der Waals surface area contributed by atoms with Crippen molar-refractivity contribution in [3.63, 3.8) is 0 Å². The highest BCUT2D eigenvalue weighted by molar-refractivity contribution is 5.85. The van der Waals surface area contributed by atoms with Gasteiger partial charge in [0.2, 0.25) is 0 Å². The summed E-state index contributed by atoms with van der Waals surface area (Å²) in [6, 6.07) is 15.8. The van der Waals surface area contributed by atoms with E-state index in [2.05, 4.69) is 49.4 Å². The predicted octanol–water partition coefficient (Wildman–Crippen LogP) is 2.74. The zero-order valence-electron chi connectivity index (χ0n) is 8.84. The van der Waals surface area contributed by atoms with Crippen LogP contribution in [0.25, 0.3) is 10.8 Å². The first kappa shape index (κ1) is 11.7. The first-order valence-corrected chi connectivity index (χ1v) is 4.72. The van der Waals surface area contributed by atoms with Gasteiger partial charge in [0, 0.05) is 0 Å². The SMILES string of the molecule is Cc1cccc2ccccc12.N#CC(=O)O. The number of hydrogen-bond donors (Lipinski definition) is 1. The van der Waals surface area contributed by atoms with Crippen molar-refractivity contribution in [2.75, 3.05) is 0 Å². The first-order valence-electron chi connectivity index (χ1n) is 4.72. The molecule has 2 rings (SSSR count). The quantitative estimate of drug-likeness (QED) is 0.540. The third kappa shape index (κ3) is 3.10. The van der Waals surface area contributed by atoms with Crippen molar-refractivity contribution >= 4 is 16.7 Å². The van der Waals surface area contributed by atoms with Crippen molar-refractivity contribution < 1.29 is 9.90 Å². The third-order valence-electron chi connectivity index (χ3n) is 2.10. The Labute approximate surface area is 93.6 Å². The normalized spacial score (nSPS) is 8.75. The molecule has 0 heterocycles. The van der Waals surface area contributed by atoms with Crippen LogP contribution in [0, 0.1) is 18.3 Å². The molecule has 0 aliphatic carbocycles. The number of carbonyl (C=O) groups is 1. The maximum atomic E-state index is 9.01. The van der Waals surface area contributed by atoms with Gasteiger partial charge in [-0.3, -0.25) is 0 Å². The van der Waals surface area contributed by atoms with Gasteiger partial charge in [-0.1, -0.05) is 42.5 Å². The molecule has 0 saturated heterocycles. The number of nitriles is 1. The Kier molecular flexibility index (Phi) is 4.05. The summed E-state index contributed by atoms with van der Waals surface area (Å²) in [5.41, 5.74) is 1.35. The monoisotopic (exact) mass is 213 g/mol. The Bertz CT molecular complexity index is 536. The molecule has 2 aromatic rings. The number of carboxylic acids is 1. The summed E-state index contributed by atoms with van der Waals surface area (Å²) < 4.78 is 0. The predicted molar refractivity (Wildman–Crippen MR) is 61.9 cm³/mol. The maximum absolute atomic E-state index is 9.01. The van der Waals surface area contributed by atoms with E-state index < -0.39 is 5.97 Å². The van der Waals surface area contributed by atoms with Gasteiger partial charge in [0.15, 0.2) is 6.07 Å². The van der Waals surface area contributed by atoms with Crippen LogP contribution in [-0.4, -0.2) is 11.1 Å². The number of benzene rings is 2. The minimum atomic E-state index is -1.44. The molecule has 0 aliphatic heterocycles. The zero-order chi connectivity index (χ0) is 12.0. The maximum Gasteiger partial charge on any atom is 0.408 e. The van der Waals surface area contributed by atoms with Gasteiger partial charge in [-0.25, -0.2) is 4.79 Å². The number of carboxylic acid groups (broad SMARTS) is 1. The van der Waals surface area contributed by atoms with E-state index in [0.29, 0.717) is 0 Å². The highest BCUT2D eigenvalue weighted by Gasteiger charge is 1.92. The largest absolute Gasteiger partial charge is 0.470 e. The summed E-state index contributed by atoms with van der Waals surface area (Å²) in [6.07, 6.45) is 0. The van der Waals surface area contributed by atoms with E-state index in [1.54, 1.807) is 0 Å². The van der Waals surface area contributed by atoms with Crippen LogP contribution in [0.1, 0.15) is 5.56 Å². The molecule has 0 amide bonds. The fraction of sp³-hybridized carbons (Fsp3) is 0.0769. The molecule has 0 spiro atoms. The molecule has 0 fully saturated rings. The van der Waals surface area contributed by atoms with Crippen LogP contribution in [0.2, 0.25) is 0 Å². The van der Waals surface area contributed by atoms with Crippen LogP contribution in [-0.2, 0) is 4.79 Å². The number of aliphatic carboxylic acids is 1. The van der Waals surface area contributed by atoms with Gasteiger partial charge in [-0.2, -0.15) is 5.26 Å². The van der Waals surface area contributed by atoms with Gasteiger partial charge in [-0.15, -0.1) is 0 Å². The highest BCUT2D eigenvalue weighted by Crippen LogP contribution is 2.16. The molecule has 3 nitrogen and oxygen atoms in total. The Morgan fingerprint density at radius 2 is 1.75 bits per heavy atom. The minimum Gasteiger partial charge on any atom is -0.470 e. The highest BCUT2D eigenvalue weighted by atomic mass is 16.4. The molecular formula is C13H11NO2. The topological polar surface area (TPSA) is 61.1 Å². The van der Waals surface area contributed by atoms with E-state index >= 15 is 0 Å². The van der Waals surface area contributed by atoms with Crippen molar-refractivity contribution in [2.45, 2.75) is 6.92 Å². The zero-order valence-corrected chi connectivity index (χ0v) is 8.84. The van der Waals surface area contributed by atoms with E-state index in [1.807, 2.05) is 0 Å². The lowest BCUT2D eigenvalue weighted by Gasteiger charge is -1.98. The average molecular weight is 213 g/mol. The molecule has 2 aromatic carbocycles. The molecule has 1 N–H and O–H groups in total. The molecule has 0 aliphatic rings. The van der Waals surface area contributed by atoms with Gasteiger partial charge >= 0.3 is 5.97 Å². The number of rotatable bonds is 0. The second-order valence-corrected chi connectivity index (χ2v) is 3.21. The van der Waals surface area contributed by atoms with Crippen LogP contribution in [0.15, 0.2) is 42.5 Å². The Morgan fingerprint density at radius 1 is 1.19 bits per heavy atom. The fourth-order valence-corrected chi connectivity index (χ4v) is 1.39. The minimum absolute atomic E-state index is 0.944. The lowest BCUT2D eigenvalue weighted by Crippen LogP contribution is -1.83. The van der Waals surface area contributed by atoms with E-state index in [0.717, 1.165) is 6.07 Å². The Morgan fingerprint density at radius 3 is 2.31 bits per heavy atom. The van der Waals surface area contributed by atoms with Crippen LogP contribution in [0.5, 0.6) is 0 Å². The van der Waals surface area contributed by atoms with Crippen LogP contribution >= 0.6 is 0 Å². The van der Waals surface area contributed by atoms with Gasteiger partial charge in [0.05, 0.1) is 0 Å². The Balaban J connectivity index is 0.000000221. The fourth-order valence-electron chi connectivity index (χ4n) is 1.39. The van der Waals surface area contributed by atoms with E-state index in [4.69, 9.17) is 15.2 Å². The summed E-state index contributed by atoms with van der Waals surface area (Å²) in [5.74, 6) is -1.44. The summed E-state index contributed by atoms with van der Waals surface area (Å²) >= 11 is 0. The molecule has 80 valence electrons. The number of hydrogen-bond acceptors (Lipinski definition) is 2. The summed E-state index contributed by atoms with van der Waals surface area (Å²) in [4.78, 5) is 9.01. The molecule has 16 heavy (non-hydrogen) atoms. The lowest BCUT2D eigenvalue weighted by atomic mass is 10.1. The first-order chi connectivity index (χ1) is 7.65. The van der Waals surface area contributed by atoms with Crippen molar-refractivity contribution in [3.05, 3.63) is 48.0 Å². The van der Waals surface area contributed by atoms with Crippen LogP contribution in [0.4, 0.5) is 0 Å². The number of nitrogens with zero attached hydrogens (tertiary/aromatic N) is 1. The molecule has 0 saturated carbocycles. The second kappa shape index (κ2) is 5.52. The lowest BCUT2D eigenvalue weighted by molar-refractivity contribution is -0.130. The van der Waals surface area contributed by atoms with Crippen molar-refractivity contribution in [2.24, 2.45) is 0 Å². The molecule has 0 bridgehead atoms. The summed E-state index contributed by atoms with van der Waals surface area (Å²) in [6.45, 7) is 2.14. The van der Waals surface area contributed by atoms with Crippen LogP contribution < -0.4 is 0 Å². The van der Waals surface area contributed by atoms with E-state index in [1.165, 1.54) is 16.3 Å². The molecular weight excluding hydrogens is 202 g/mol. The molecule has 3 heteroatoms. The van der Waals surface area contributed by atoms with E-state index in [9.17, 15) is 0 Å².